The fourth-order valence-corrected chi connectivity index (χ4v) is 3.42. The predicted molar refractivity (Wildman–Crippen MR) is 107 cm³/mol. The van der Waals surface area contributed by atoms with Crippen LogP contribution in [0.5, 0.6) is 0 Å². The Labute approximate surface area is 163 Å². The molecule has 1 atom stereocenters. The Balaban J connectivity index is 0.00000208. The van der Waals surface area contributed by atoms with Gasteiger partial charge in [0.2, 0.25) is 0 Å². The average molecular weight is 461 g/mol. The van der Waals surface area contributed by atoms with Gasteiger partial charge in [0.05, 0.1) is 12.6 Å². The molecule has 0 radical (unpaired) electrons. The van der Waals surface area contributed by atoms with Gasteiger partial charge in [0.1, 0.15) is 16.7 Å². The van der Waals surface area contributed by atoms with E-state index in [2.05, 4.69) is 44.5 Å². The number of thiazole rings is 1. The molecule has 3 heterocycles. The molecule has 2 aromatic heterocycles. The highest BCUT2D eigenvalue weighted by atomic mass is 127. The normalized spacial score (nSPS) is 17.1. The third-order valence-corrected chi connectivity index (χ3v) is 4.57. The van der Waals surface area contributed by atoms with Crippen LogP contribution in [0.25, 0.3) is 0 Å². The van der Waals surface area contributed by atoms with Crippen molar-refractivity contribution in [1.29, 1.82) is 0 Å². The number of nitrogens with zero attached hydrogens (tertiary/aromatic N) is 5. The third kappa shape index (κ3) is 4.65. The molecule has 0 saturated carbocycles. The number of aliphatic imine (C=N–C) groups is 1. The van der Waals surface area contributed by atoms with E-state index in [4.69, 9.17) is 0 Å². The molecular formula is C15H24IN7S. The minimum Gasteiger partial charge on any atom is -0.357 e. The van der Waals surface area contributed by atoms with E-state index in [0.717, 1.165) is 48.5 Å². The molecule has 0 spiro atoms. The van der Waals surface area contributed by atoms with Crippen molar-refractivity contribution >= 4 is 41.3 Å². The molecule has 3 rings (SSSR count). The summed E-state index contributed by atoms with van der Waals surface area (Å²) >= 11 is 1.69. The van der Waals surface area contributed by atoms with Crippen molar-refractivity contribution in [1.82, 2.24) is 30.4 Å². The predicted octanol–water partition coefficient (Wildman–Crippen LogP) is 2.56. The Morgan fingerprint density at radius 2 is 2.29 bits per heavy atom. The number of hydrogen-bond acceptors (Lipinski definition) is 5. The summed E-state index contributed by atoms with van der Waals surface area (Å²) in [7, 11) is 0. The zero-order chi connectivity index (χ0) is 16.2. The highest BCUT2D eigenvalue weighted by Crippen LogP contribution is 2.22. The molecule has 0 fully saturated rings. The van der Waals surface area contributed by atoms with Crippen LogP contribution in [0.3, 0.4) is 0 Å². The fraction of sp³-hybridized carbons (Fsp3) is 0.600. The van der Waals surface area contributed by atoms with Gasteiger partial charge >= 0.3 is 0 Å². The van der Waals surface area contributed by atoms with Crippen LogP contribution < -0.4 is 10.6 Å². The summed E-state index contributed by atoms with van der Waals surface area (Å²) in [6, 6.07) is 0.154. The maximum atomic E-state index is 4.66. The van der Waals surface area contributed by atoms with Crippen LogP contribution in [-0.2, 0) is 13.1 Å². The molecule has 9 heteroatoms. The Kier molecular flexibility index (Phi) is 6.96. The minimum atomic E-state index is 0. The van der Waals surface area contributed by atoms with Gasteiger partial charge in [-0.25, -0.2) is 19.6 Å². The maximum absolute atomic E-state index is 4.66. The molecule has 1 aliphatic rings. The molecule has 0 aliphatic carbocycles. The summed E-state index contributed by atoms with van der Waals surface area (Å²) in [5.74, 6) is 2.64. The maximum Gasteiger partial charge on any atom is 0.192 e. The first-order valence-electron chi connectivity index (χ1n) is 8.03. The van der Waals surface area contributed by atoms with E-state index < -0.39 is 0 Å². The SMILES string of the molecule is CCNC(=NCc1ncc(C)s1)NC1CCCn2nc(C)nc21.I. The zero-order valence-electron chi connectivity index (χ0n) is 14.2. The van der Waals surface area contributed by atoms with Crippen molar-refractivity contribution in [2.75, 3.05) is 6.54 Å². The van der Waals surface area contributed by atoms with Crippen molar-refractivity contribution in [3.8, 4) is 0 Å². The van der Waals surface area contributed by atoms with Gasteiger partial charge in [-0.2, -0.15) is 5.10 Å². The van der Waals surface area contributed by atoms with E-state index in [1.54, 1.807) is 11.3 Å². The molecule has 2 N–H and O–H groups in total. The second-order valence-electron chi connectivity index (χ2n) is 5.64. The van der Waals surface area contributed by atoms with Gasteiger partial charge in [-0.3, -0.25) is 0 Å². The van der Waals surface area contributed by atoms with E-state index in [1.165, 1.54) is 4.88 Å². The Morgan fingerprint density at radius 1 is 1.46 bits per heavy atom. The molecule has 0 amide bonds. The number of fused-ring (bicyclic) bond motifs is 1. The molecule has 132 valence electrons. The standard InChI is InChI=1S/C15H23N7S.HI/c1-4-16-15(18-9-13-17-8-10(2)23-13)20-12-6-5-7-22-14(12)19-11(3)21-22;/h8,12H,4-7,9H2,1-3H3,(H2,16,18,20);1H. The molecule has 0 saturated heterocycles. The van der Waals surface area contributed by atoms with E-state index in [-0.39, 0.29) is 30.0 Å². The van der Waals surface area contributed by atoms with Gasteiger partial charge in [-0.15, -0.1) is 35.3 Å². The first kappa shape index (κ1) is 19.1. The van der Waals surface area contributed by atoms with Crippen LogP contribution in [0.4, 0.5) is 0 Å². The molecule has 24 heavy (non-hydrogen) atoms. The lowest BCUT2D eigenvalue weighted by molar-refractivity contribution is 0.397. The van der Waals surface area contributed by atoms with Gasteiger partial charge in [-0.1, -0.05) is 0 Å². The summed E-state index contributed by atoms with van der Waals surface area (Å²) in [5, 5.41) is 12.3. The summed E-state index contributed by atoms with van der Waals surface area (Å²) in [6.07, 6.45) is 4.03. The summed E-state index contributed by atoms with van der Waals surface area (Å²) in [5.41, 5.74) is 0. The van der Waals surface area contributed by atoms with E-state index in [0.29, 0.717) is 6.54 Å². The average Bonchev–Trinajstić information content (AvgIpc) is 3.10. The van der Waals surface area contributed by atoms with Crippen LogP contribution in [-0.4, -0.2) is 32.3 Å². The van der Waals surface area contributed by atoms with Gasteiger partial charge < -0.3 is 10.6 Å². The van der Waals surface area contributed by atoms with Gasteiger partial charge in [-0.05, 0) is 33.6 Å². The van der Waals surface area contributed by atoms with Crippen molar-refractivity contribution in [2.45, 2.75) is 52.7 Å². The fourth-order valence-electron chi connectivity index (χ4n) is 2.71. The first-order valence-corrected chi connectivity index (χ1v) is 8.85. The molecule has 1 unspecified atom stereocenters. The highest BCUT2D eigenvalue weighted by molar-refractivity contribution is 14.0. The number of aromatic nitrogens is 4. The second kappa shape index (κ2) is 8.75. The van der Waals surface area contributed by atoms with Gasteiger partial charge in [0.25, 0.3) is 0 Å². The summed E-state index contributed by atoms with van der Waals surface area (Å²) in [6.45, 7) is 8.42. The number of hydrogen-bond donors (Lipinski definition) is 2. The smallest absolute Gasteiger partial charge is 0.192 e. The van der Waals surface area contributed by atoms with Gasteiger partial charge in [0, 0.05) is 24.2 Å². The number of halogens is 1. The minimum absolute atomic E-state index is 0. The first-order chi connectivity index (χ1) is 11.2. The van der Waals surface area contributed by atoms with Crippen LogP contribution in [0.15, 0.2) is 11.2 Å². The quantitative estimate of drug-likeness (QED) is 0.416. The monoisotopic (exact) mass is 461 g/mol. The lowest BCUT2D eigenvalue weighted by Gasteiger charge is -2.24. The largest absolute Gasteiger partial charge is 0.357 e. The molecule has 7 nitrogen and oxygen atoms in total. The Bertz CT molecular complexity index is 694. The highest BCUT2D eigenvalue weighted by Gasteiger charge is 2.24. The number of nitrogens with one attached hydrogen (secondary N) is 2. The summed E-state index contributed by atoms with van der Waals surface area (Å²) in [4.78, 5) is 14.8. The number of rotatable bonds is 4. The van der Waals surface area contributed by atoms with Gasteiger partial charge in [0.15, 0.2) is 5.96 Å². The van der Waals surface area contributed by atoms with Crippen molar-refractivity contribution < 1.29 is 0 Å². The summed E-state index contributed by atoms with van der Waals surface area (Å²) < 4.78 is 2.00. The van der Waals surface area contributed by atoms with E-state index >= 15 is 0 Å². The van der Waals surface area contributed by atoms with Crippen molar-refractivity contribution in [3.05, 3.63) is 27.7 Å². The second-order valence-corrected chi connectivity index (χ2v) is 6.96. The van der Waals surface area contributed by atoms with Crippen LogP contribution in [0.1, 0.15) is 47.3 Å². The number of guanidine groups is 1. The molecule has 2 aromatic rings. The van der Waals surface area contributed by atoms with E-state index in [9.17, 15) is 0 Å². The van der Waals surface area contributed by atoms with Crippen LogP contribution in [0.2, 0.25) is 0 Å². The topological polar surface area (TPSA) is 80.0 Å². The van der Waals surface area contributed by atoms with Crippen molar-refractivity contribution in [3.63, 3.8) is 0 Å². The lowest BCUT2D eigenvalue weighted by Crippen LogP contribution is -2.41. The molecule has 1 aliphatic heterocycles. The Hall–Kier alpha value is -1.23. The van der Waals surface area contributed by atoms with Crippen LogP contribution >= 0.6 is 35.3 Å². The molecule has 0 bridgehead atoms. The Morgan fingerprint density at radius 3 is 3.00 bits per heavy atom. The number of aryl methyl sites for hydroxylation is 3. The van der Waals surface area contributed by atoms with E-state index in [1.807, 2.05) is 17.8 Å². The molecular weight excluding hydrogens is 437 g/mol. The van der Waals surface area contributed by atoms with Crippen molar-refractivity contribution in [2.24, 2.45) is 4.99 Å². The zero-order valence-corrected chi connectivity index (χ0v) is 17.4. The third-order valence-electron chi connectivity index (χ3n) is 3.68. The van der Waals surface area contributed by atoms with Crippen LogP contribution in [0, 0.1) is 13.8 Å². The lowest BCUT2D eigenvalue weighted by atomic mass is 10.1. The molecule has 0 aromatic carbocycles.